The number of hydrogen-bond donors (Lipinski definition) is 1. The summed E-state index contributed by atoms with van der Waals surface area (Å²) in [6, 6.07) is 15.7. The third kappa shape index (κ3) is 5.11. The Kier molecular flexibility index (Phi) is 6.34. The van der Waals surface area contributed by atoms with Gasteiger partial charge in [0.1, 0.15) is 5.75 Å². The first-order valence-electron chi connectivity index (χ1n) is 7.34. The van der Waals surface area contributed by atoms with Gasteiger partial charge in [-0.05, 0) is 37.1 Å². The fourth-order valence-electron chi connectivity index (χ4n) is 2.05. The van der Waals surface area contributed by atoms with Gasteiger partial charge in [-0.15, -0.1) is 11.8 Å². The molecule has 0 aliphatic heterocycles. The Labute approximate surface area is 136 Å². The van der Waals surface area contributed by atoms with Gasteiger partial charge in [0.2, 0.25) is 5.91 Å². The number of carbonyl (C=O) groups is 1. The quantitative estimate of drug-likeness (QED) is 0.829. The summed E-state index contributed by atoms with van der Waals surface area (Å²) in [5, 5.41) is 2.90. The molecular weight excluding hydrogens is 294 g/mol. The standard InChI is InChI=1S/C18H21NO2S/c1-3-21-17-10-6-9-16(11-17)19-18(20)13-22-12-15-8-5-4-7-14(15)2/h4-11H,3,12-13H2,1-2H3,(H,19,20). The van der Waals surface area contributed by atoms with Crippen LogP contribution in [0.2, 0.25) is 0 Å². The maximum atomic E-state index is 12.0. The largest absolute Gasteiger partial charge is 0.494 e. The number of amides is 1. The summed E-state index contributed by atoms with van der Waals surface area (Å²) in [4.78, 5) is 12.0. The van der Waals surface area contributed by atoms with Crippen molar-refractivity contribution in [2.24, 2.45) is 0 Å². The fraction of sp³-hybridized carbons (Fsp3) is 0.278. The molecule has 0 bridgehead atoms. The molecule has 0 radical (unpaired) electrons. The molecule has 0 unspecified atom stereocenters. The van der Waals surface area contributed by atoms with E-state index in [4.69, 9.17) is 4.74 Å². The number of benzene rings is 2. The highest BCUT2D eigenvalue weighted by atomic mass is 32.2. The molecule has 0 spiro atoms. The zero-order chi connectivity index (χ0) is 15.8. The minimum absolute atomic E-state index is 0.00670. The number of rotatable bonds is 7. The van der Waals surface area contributed by atoms with E-state index in [9.17, 15) is 4.79 Å². The first-order valence-corrected chi connectivity index (χ1v) is 8.49. The Balaban J connectivity index is 1.81. The monoisotopic (exact) mass is 315 g/mol. The molecule has 1 N–H and O–H groups in total. The molecule has 0 saturated heterocycles. The van der Waals surface area contributed by atoms with Gasteiger partial charge in [-0.1, -0.05) is 30.3 Å². The predicted molar refractivity (Wildman–Crippen MR) is 93.6 cm³/mol. The van der Waals surface area contributed by atoms with Crippen LogP contribution in [0.4, 0.5) is 5.69 Å². The highest BCUT2D eigenvalue weighted by Gasteiger charge is 2.05. The van der Waals surface area contributed by atoms with E-state index in [1.165, 1.54) is 11.1 Å². The molecule has 0 aliphatic rings. The molecule has 0 saturated carbocycles. The van der Waals surface area contributed by atoms with Crippen molar-refractivity contribution in [2.45, 2.75) is 19.6 Å². The van der Waals surface area contributed by atoms with Crippen molar-refractivity contribution in [2.75, 3.05) is 17.7 Å². The summed E-state index contributed by atoms with van der Waals surface area (Å²) in [6.45, 7) is 4.65. The maximum Gasteiger partial charge on any atom is 0.234 e. The summed E-state index contributed by atoms with van der Waals surface area (Å²) in [7, 11) is 0. The van der Waals surface area contributed by atoms with E-state index in [-0.39, 0.29) is 5.91 Å². The van der Waals surface area contributed by atoms with Crippen LogP contribution < -0.4 is 10.1 Å². The van der Waals surface area contributed by atoms with Gasteiger partial charge in [-0.3, -0.25) is 4.79 Å². The van der Waals surface area contributed by atoms with Crippen LogP contribution in [0.5, 0.6) is 5.75 Å². The molecule has 2 aromatic rings. The lowest BCUT2D eigenvalue weighted by molar-refractivity contribution is -0.113. The molecule has 116 valence electrons. The number of ether oxygens (including phenoxy) is 1. The van der Waals surface area contributed by atoms with Crippen molar-refractivity contribution in [3.8, 4) is 5.75 Å². The first-order chi connectivity index (χ1) is 10.7. The van der Waals surface area contributed by atoms with Crippen LogP contribution >= 0.6 is 11.8 Å². The van der Waals surface area contributed by atoms with E-state index >= 15 is 0 Å². The summed E-state index contributed by atoms with van der Waals surface area (Å²) in [5.74, 6) is 2.06. The Morgan fingerprint density at radius 3 is 2.77 bits per heavy atom. The molecule has 0 atom stereocenters. The van der Waals surface area contributed by atoms with Gasteiger partial charge in [0, 0.05) is 17.5 Å². The minimum atomic E-state index is 0.00670. The Morgan fingerprint density at radius 2 is 2.00 bits per heavy atom. The van der Waals surface area contributed by atoms with Crippen LogP contribution in [0.3, 0.4) is 0 Å². The topological polar surface area (TPSA) is 38.3 Å². The lowest BCUT2D eigenvalue weighted by Crippen LogP contribution is -2.14. The second-order valence-electron chi connectivity index (χ2n) is 4.93. The summed E-state index contributed by atoms with van der Waals surface area (Å²) >= 11 is 1.62. The second kappa shape index (κ2) is 8.49. The van der Waals surface area contributed by atoms with Crippen molar-refractivity contribution in [3.63, 3.8) is 0 Å². The van der Waals surface area contributed by atoms with Crippen LogP contribution in [0.1, 0.15) is 18.1 Å². The Hall–Kier alpha value is -1.94. The molecule has 4 heteroatoms. The SMILES string of the molecule is CCOc1cccc(NC(=O)CSCc2ccccc2C)c1. The molecule has 2 rings (SSSR count). The van der Waals surface area contributed by atoms with Crippen LogP contribution in [-0.4, -0.2) is 18.3 Å². The van der Waals surface area contributed by atoms with E-state index in [0.717, 1.165) is 17.2 Å². The van der Waals surface area contributed by atoms with E-state index in [2.05, 4.69) is 24.4 Å². The van der Waals surface area contributed by atoms with E-state index < -0.39 is 0 Å². The smallest absolute Gasteiger partial charge is 0.234 e. The summed E-state index contributed by atoms with van der Waals surface area (Å²) in [5.41, 5.74) is 3.31. The number of nitrogens with one attached hydrogen (secondary N) is 1. The normalized spacial score (nSPS) is 10.3. The molecular formula is C18H21NO2S. The van der Waals surface area contributed by atoms with Crippen molar-refractivity contribution in [1.29, 1.82) is 0 Å². The van der Waals surface area contributed by atoms with Crippen LogP contribution in [0.25, 0.3) is 0 Å². The van der Waals surface area contributed by atoms with Gasteiger partial charge in [-0.25, -0.2) is 0 Å². The summed E-state index contributed by atoms with van der Waals surface area (Å²) < 4.78 is 5.42. The highest BCUT2D eigenvalue weighted by Crippen LogP contribution is 2.19. The molecule has 1 amide bonds. The van der Waals surface area contributed by atoms with E-state index in [1.807, 2.05) is 43.3 Å². The number of hydrogen-bond acceptors (Lipinski definition) is 3. The summed E-state index contributed by atoms with van der Waals surface area (Å²) in [6.07, 6.45) is 0. The molecule has 0 heterocycles. The predicted octanol–water partition coefficient (Wildman–Crippen LogP) is 4.27. The van der Waals surface area contributed by atoms with E-state index in [1.54, 1.807) is 11.8 Å². The van der Waals surface area contributed by atoms with E-state index in [0.29, 0.717) is 12.4 Å². The van der Waals surface area contributed by atoms with Gasteiger partial charge in [-0.2, -0.15) is 0 Å². The van der Waals surface area contributed by atoms with Gasteiger partial charge in [0.15, 0.2) is 0 Å². The van der Waals surface area contributed by atoms with Crippen LogP contribution in [-0.2, 0) is 10.5 Å². The number of anilines is 1. The first kappa shape index (κ1) is 16.4. The Morgan fingerprint density at radius 1 is 1.18 bits per heavy atom. The zero-order valence-electron chi connectivity index (χ0n) is 13.0. The average molecular weight is 315 g/mol. The lowest BCUT2D eigenvalue weighted by Gasteiger charge is -2.08. The molecule has 3 nitrogen and oxygen atoms in total. The highest BCUT2D eigenvalue weighted by molar-refractivity contribution is 7.99. The van der Waals surface area contributed by atoms with Crippen molar-refractivity contribution >= 4 is 23.4 Å². The fourth-order valence-corrected chi connectivity index (χ4v) is 2.96. The second-order valence-corrected chi connectivity index (χ2v) is 5.91. The van der Waals surface area contributed by atoms with Crippen LogP contribution in [0.15, 0.2) is 48.5 Å². The number of thioether (sulfide) groups is 1. The Bertz CT molecular complexity index is 628. The van der Waals surface area contributed by atoms with Gasteiger partial charge >= 0.3 is 0 Å². The third-order valence-electron chi connectivity index (χ3n) is 3.18. The van der Waals surface area contributed by atoms with Crippen molar-refractivity contribution in [1.82, 2.24) is 0 Å². The molecule has 0 aliphatic carbocycles. The van der Waals surface area contributed by atoms with Crippen molar-refractivity contribution in [3.05, 3.63) is 59.7 Å². The lowest BCUT2D eigenvalue weighted by atomic mass is 10.1. The van der Waals surface area contributed by atoms with Gasteiger partial charge < -0.3 is 10.1 Å². The number of carbonyl (C=O) groups excluding carboxylic acids is 1. The average Bonchev–Trinajstić information content (AvgIpc) is 2.50. The molecule has 22 heavy (non-hydrogen) atoms. The van der Waals surface area contributed by atoms with Gasteiger partial charge in [0.25, 0.3) is 0 Å². The molecule has 2 aromatic carbocycles. The third-order valence-corrected chi connectivity index (χ3v) is 4.16. The van der Waals surface area contributed by atoms with Crippen LogP contribution in [0, 0.1) is 6.92 Å². The number of aryl methyl sites for hydroxylation is 1. The minimum Gasteiger partial charge on any atom is -0.494 e. The maximum absolute atomic E-state index is 12.0. The van der Waals surface area contributed by atoms with Gasteiger partial charge in [0.05, 0.1) is 12.4 Å². The molecule has 0 aromatic heterocycles. The van der Waals surface area contributed by atoms with Crippen molar-refractivity contribution < 1.29 is 9.53 Å². The molecule has 0 fully saturated rings. The zero-order valence-corrected chi connectivity index (χ0v) is 13.8.